The highest BCUT2D eigenvalue weighted by Crippen LogP contribution is 2.32. The van der Waals surface area contributed by atoms with Crippen LogP contribution in [-0.2, 0) is 9.53 Å². The Kier molecular flexibility index (Phi) is 4.57. The molecule has 6 nitrogen and oxygen atoms in total. The van der Waals surface area contributed by atoms with Gasteiger partial charge in [-0.3, -0.25) is 0 Å². The highest BCUT2D eigenvalue weighted by molar-refractivity contribution is 6.33. The molecular formula is C8H8Cl2N2O4. The zero-order valence-corrected chi connectivity index (χ0v) is 10.0. The van der Waals surface area contributed by atoms with Gasteiger partial charge < -0.3 is 14.2 Å². The number of ether oxygens (including phenoxy) is 3. The van der Waals surface area contributed by atoms with Crippen molar-refractivity contribution in [1.82, 2.24) is 9.97 Å². The fraction of sp³-hybridized carbons (Fsp3) is 0.375. The molecule has 0 fully saturated rings. The SMILES string of the molecule is COC(=O)COc1nc(Cl)nc(Cl)c1OC. The molecule has 1 aromatic heterocycles. The topological polar surface area (TPSA) is 70.5 Å². The minimum absolute atomic E-state index is 0.00219. The lowest BCUT2D eigenvalue weighted by Gasteiger charge is -2.09. The average Bonchev–Trinajstić information content (AvgIpc) is 2.25. The van der Waals surface area contributed by atoms with Crippen molar-refractivity contribution >= 4 is 29.2 Å². The van der Waals surface area contributed by atoms with Gasteiger partial charge in [0, 0.05) is 0 Å². The van der Waals surface area contributed by atoms with Crippen molar-refractivity contribution in [1.29, 1.82) is 0 Å². The fourth-order valence-corrected chi connectivity index (χ4v) is 1.28. The summed E-state index contributed by atoms with van der Waals surface area (Å²) in [5.74, 6) is -0.472. The molecule has 0 spiro atoms. The van der Waals surface area contributed by atoms with Crippen LogP contribution in [0.2, 0.25) is 10.4 Å². The van der Waals surface area contributed by atoms with E-state index in [0.717, 1.165) is 0 Å². The fourth-order valence-electron chi connectivity index (χ4n) is 0.835. The van der Waals surface area contributed by atoms with Crippen LogP contribution in [0.4, 0.5) is 0 Å². The molecule has 0 amide bonds. The molecule has 1 heterocycles. The minimum Gasteiger partial charge on any atom is -0.489 e. The van der Waals surface area contributed by atoms with E-state index in [1.54, 1.807) is 0 Å². The minimum atomic E-state index is -0.562. The van der Waals surface area contributed by atoms with Crippen LogP contribution in [0, 0.1) is 0 Å². The van der Waals surface area contributed by atoms with E-state index in [9.17, 15) is 4.79 Å². The Balaban J connectivity index is 2.89. The molecule has 0 aliphatic heterocycles. The summed E-state index contributed by atoms with van der Waals surface area (Å²) >= 11 is 11.3. The van der Waals surface area contributed by atoms with Crippen LogP contribution in [0.1, 0.15) is 0 Å². The molecule has 1 rings (SSSR count). The van der Waals surface area contributed by atoms with Gasteiger partial charge in [-0.25, -0.2) is 9.78 Å². The second-order valence-electron chi connectivity index (χ2n) is 2.49. The van der Waals surface area contributed by atoms with Crippen molar-refractivity contribution < 1.29 is 19.0 Å². The second-order valence-corrected chi connectivity index (χ2v) is 3.18. The van der Waals surface area contributed by atoms with Gasteiger partial charge in [-0.15, -0.1) is 0 Å². The summed E-state index contributed by atoms with van der Waals surface area (Å²) in [6.07, 6.45) is 0. The van der Waals surface area contributed by atoms with Gasteiger partial charge in [0.15, 0.2) is 11.8 Å². The molecule has 8 heteroatoms. The van der Waals surface area contributed by atoms with Gasteiger partial charge in [0.1, 0.15) is 0 Å². The molecule has 0 aromatic carbocycles. The predicted octanol–water partition coefficient (Wildman–Crippen LogP) is 1.34. The second kappa shape index (κ2) is 5.72. The van der Waals surface area contributed by atoms with Crippen LogP contribution >= 0.6 is 23.2 Å². The molecule has 0 bridgehead atoms. The number of methoxy groups -OCH3 is 2. The predicted molar refractivity (Wildman–Crippen MR) is 56.1 cm³/mol. The van der Waals surface area contributed by atoms with Gasteiger partial charge >= 0.3 is 5.97 Å². The number of nitrogens with zero attached hydrogens (tertiary/aromatic N) is 2. The summed E-state index contributed by atoms with van der Waals surface area (Å²) in [5.41, 5.74) is 0. The monoisotopic (exact) mass is 266 g/mol. The number of halogens is 2. The van der Waals surface area contributed by atoms with Gasteiger partial charge in [0.2, 0.25) is 11.0 Å². The molecule has 0 saturated heterocycles. The summed E-state index contributed by atoms with van der Waals surface area (Å²) in [7, 11) is 2.60. The average molecular weight is 267 g/mol. The highest BCUT2D eigenvalue weighted by Gasteiger charge is 2.15. The standard InChI is InChI=1S/C8H8Cl2N2O4/c1-14-4(13)3-16-7-5(15-2)6(9)11-8(10)12-7/h3H2,1-2H3. The quantitative estimate of drug-likeness (QED) is 0.466. The van der Waals surface area contributed by atoms with Gasteiger partial charge in [0.05, 0.1) is 14.2 Å². The van der Waals surface area contributed by atoms with E-state index >= 15 is 0 Å². The molecule has 0 aliphatic rings. The molecule has 0 unspecified atom stereocenters. The van der Waals surface area contributed by atoms with Gasteiger partial charge in [0.25, 0.3) is 5.88 Å². The maximum Gasteiger partial charge on any atom is 0.343 e. The van der Waals surface area contributed by atoms with Crippen molar-refractivity contribution in [2.45, 2.75) is 0 Å². The smallest absolute Gasteiger partial charge is 0.343 e. The zero-order chi connectivity index (χ0) is 12.1. The molecule has 1 aromatic rings. The third-order valence-electron chi connectivity index (χ3n) is 1.52. The Labute approximate surface area is 101 Å². The molecule has 88 valence electrons. The number of hydrogen-bond acceptors (Lipinski definition) is 6. The maximum absolute atomic E-state index is 10.9. The lowest BCUT2D eigenvalue weighted by Crippen LogP contribution is -2.14. The van der Waals surface area contributed by atoms with Gasteiger partial charge in [-0.1, -0.05) is 11.6 Å². The van der Waals surface area contributed by atoms with Crippen molar-refractivity contribution in [2.75, 3.05) is 20.8 Å². The van der Waals surface area contributed by atoms with E-state index in [0.29, 0.717) is 0 Å². The van der Waals surface area contributed by atoms with Gasteiger partial charge in [-0.05, 0) is 11.6 Å². The summed E-state index contributed by atoms with van der Waals surface area (Å²) < 4.78 is 14.3. The first-order valence-electron chi connectivity index (χ1n) is 4.05. The molecule has 0 radical (unpaired) electrons. The molecule has 16 heavy (non-hydrogen) atoms. The van der Waals surface area contributed by atoms with E-state index < -0.39 is 5.97 Å². The summed E-state index contributed by atoms with van der Waals surface area (Å²) in [6, 6.07) is 0. The molecule has 0 N–H and O–H groups in total. The number of rotatable bonds is 4. The van der Waals surface area contributed by atoms with E-state index in [4.69, 9.17) is 32.7 Å². The van der Waals surface area contributed by atoms with Gasteiger partial charge in [-0.2, -0.15) is 4.98 Å². The van der Waals surface area contributed by atoms with E-state index in [1.807, 2.05) is 0 Å². The highest BCUT2D eigenvalue weighted by atomic mass is 35.5. The lowest BCUT2D eigenvalue weighted by atomic mass is 10.5. The van der Waals surface area contributed by atoms with Crippen LogP contribution in [-0.4, -0.2) is 36.8 Å². The number of hydrogen-bond donors (Lipinski definition) is 0. The van der Waals surface area contributed by atoms with Crippen LogP contribution in [0.5, 0.6) is 11.6 Å². The van der Waals surface area contributed by atoms with E-state index in [-0.39, 0.29) is 28.7 Å². The molecule has 0 atom stereocenters. The first-order valence-corrected chi connectivity index (χ1v) is 4.80. The Morgan fingerprint density at radius 1 is 1.31 bits per heavy atom. The first kappa shape index (κ1) is 12.8. The van der Waals surface area contributed by atoms with E-state index in [2.05, 4.69) is 14.7 Å². The van der Waals surface area contributed by atoms with Crippen LogP contribution in [0.3, 0.4) is 0 Å². The summed E-state index contributed by atoms with van der Waals surface area (Å²) in [5, 5.41) is -0.104. The van der Waals surface area contributed by atoms with Crippen molar-refractivity contribution in [3.05, 3.63) is 10.4 Å². The van der Waals surface area contributed by atoms with Crippen LogP contribution in [0.15, 0.2) is 0 Å². The zero-order valence-electron chi connectivity index (χ0n) is 8.49. The van der Waals surface area contributed by atoms with Crippen molar-refractivity contribution in [3.8, 4) is 11.6 Å². The number of carbonyl (C=O) groups is 1. The maximum atomic E-state index is 10.9. The number of aromatic nitrogens is 2. The Morgan fingerprint density at radius 2 is 2.00 bits per heavy atom. The Morgan fingerprint density at radius 3 is 2.56 bits per heavy atom. The van der Waals surface area contributed by atoms with Crippen molar-refractivity contribution in [3.63, 3.8) is 0 Å². The number of carbonyl (C=O) groups excluding carboxylic acids is 1. The normalized spacial score (nSPS) is 9.75. The Bertz CT molecular complexity index is 400. The first-order chi connectivity index (χ1) is 7.58. The lowest BCUT2D eigenvalue weighted by molar-refractivity contribution is -0.143. The van der Waals surface area contributed by atoms with Crippen molar-refractivity contribution in [2.24, 2.45) is 0 Å². The molecule has 0 saturated carbocycles. The molecular weight excluding hydrogens is 259 g/mol. The summed E-state index contributed by atoms with van der Waals surface area (Å²) in [6.45, 7) is -0.323. The number of esters is 1. The third-order valence-corrected chi connectivity index (χ3v) is 1.95. The van der Waals surface area contributed by atoms with Crippen LogP contribution < -0.4 is 9.47 Å². The van der Waals surface area contributed by atoms with E-state index in [1.165, 1.54) is 14.2 Å². The largest absolute Gasteiger partial charge is 0.489 e. The Hall–Kier alpha value is -1.27. The molecule has 0 aliphatic carbocycles. The third kappa shape index (κ3) is 3.11. The van der Waals surface area contributed by atoms with Crippen LogP contribution in [0.25, 0.3) is 0 Å². The summed E-state index contributed by atoms with van der Waals surface area (Å²) in [4.78, 5) is 18.2.